The summed E-state index contributed by atoms with van der Waals surface area (Å²) in [6.45, 7) is 1.88. The number of hydrogen-bond donors (Lipinski definition) is 0. The molecule has 0 aliphatic rings. The summed E-state index contributed by atoms with van der Waals surface area (Å²) in [5.41, 5.74) is 1.86. The number of halogens is 2. The molecule has 2 rings (SSSR count). The van der Waals surface area contributed by atoms with Gasteiger partial charge in [-0.15, -0.1) is 0 Å². The van der Waals surface area contributed by atoms with Crippen LogP contribution in [0.15, 0.2) is 46.9 Å². The molecule has 0 spiro atoms. The van der Waals surface area contributed by atoms with Crippen LogP contribution < -0.4 is 0 Å². The molecule has 2 nitrogen and oxygen atoms in total. The normalized spacial score (nSPS) is 10.3. The molecule has 0 aliphatic heterocycles. The SMILES string of the molecule is Cc1cc(F)ccc1C(=O)OCc1ccc(Br)cc1. The number of aryl methyl sites for hydroxylation is 1. The van der Waals surface area contributed by atoms with E-state index in [0.717, 1.165) is 10.0 Å². The Morgan fingerprint density at radius 2 is 1.89 bits per heavy atom. The largest absolute Gasteiger partial charge is 0.457 e. The van der Waals surface area contributed by atoms with Gasteiger partial charge in [-0.3, -0.25) is 0 Å². The number of hydrogen-bond acceptors (Lipinski definition) is 2. The summed E-state index contributed by atoms with van der Waals surface area (Å²) < 4.78 is 19.1. The van der Waals surface area contributed by atoms with Crippen LogP contribution in [0.1, 0.15) is 21.5 Å². The molecule has 4 heteroatoms. The van der Waals surface area contributed by atoms with Gasteiger partial charge < -0.3 is 4.74 Å². The molecule has 0 saturated carbocycles. The lowest BCUT2D eigenvalue weighted by atomic mass is 10.1. The maximum atomic E-state index is 12.9. The second-order valence-electron chi connectivity index (χ2n) is 4.16. The number of ether oxygens (including phenoxy) is 1. The molecule has 0 atom stereocenters. The van der Waals surface area contributed by atoms with E-state index in [4.69, 9.17) is 4.74 Å². The summed E-state index contributed by atoms with van der Waals surface area (Å²) in [5, 5.41) is 0. The van der Waals surface area contributed by atoms with E-state index in [1.807, 2.05) is 24.3 Å². The van der Waals surface area contributed by atoms with Gasteiger partial charge in [0.15, 0.2) is 0 Å². The van der Waals surface area contributed by atoms with E-state index in [0.29, 0.717) is 11.1 Å². The molecule has 2 aromatic carbocycles. The molecule has 2 aromatic rings. The third-order valence-corrected chi connectivity index (χ3v) is 3.22. The molecule has 0 saturated heterocycles. The molecule has 0 radical (unpaired) electrons. The smallest absolute Gasteiger partial charge is 0.338 e. The van der Waals surface area contributed by atoms with Gasteiger partial charge in [-0.25, -0.2) is 9.18 Å². The third-order valence-electron chi connectivity index (χ3n) is 2.69. The Kier molecular flexibility index (Phi) is 4.32. The molecule has 19 heavy (non-hydrogen) atoms. The highest BCUT2D eigenvalue weighted by atomic mass is 79.9. The Bertz CT molecular complexity index is 594. The first-order chi connectivity index (χ1) is 9.06. The van der Waals surface area contributed by atoms with Gasteiger partial charge in [0.2, 0.25) is 0 Å². The summed E-state index contributed by atoms with van der Waals surface area (Å²) in [7, 11) is 0. The van der Waals surface area contributed by atoms with Crippen molar-refractivity contribution >= 4 is 21.9 Å². The Balaban J connectivity index is 2.03. The van der Waals surface area contributed by atoms with Crippen molar-refractivity contribution in [2.45, 2.75) is 13.5 Å². The van der Waals surface area contributed by atoms with E-state index in [9.17, 15) is 9.18 Å². The van der Waals surface area contributed by atoms with Gasteiger partial charge in [-0.2, -0.15) is 0 Å². The molecule has 0 bridgehead atoms. The van der Waals surface area contributed by atoms with Crippen LogP contribution in [-0.2, 0) is 11.3 Å². The number of carbonyl (C=O) groups excluding carboxylic acids is 1. The minimum atomic E-state index is -0.444. The first-order valence-electron chi connectivity index (χ1n) is 5.74. The fourth-order valence-corrected chi connectivity index (χ4v) is 1.93. The molecule has 0 aliphatic carbocycles. The standard InChI is InChI=1S/C15H12BrFO2/c1-10-8-13(17)6-7-14(10)15(18)19-9-11-2-4-12(16)5-3-11/h2-8H,9H2,1H3. The first-order valence-corrected chi connectivity index (χ1v) is 6.53. The second-order valence-corrected chi connectivity index (χ2v) is 5.08. The van der Waals surface area contributed by atoms with Crippen LogP contribution in [0.5, 0.6) is 0 Å². The van der Waals surface area contributed by atoms with Crippen LogP contribution >= 0.6 is 15.9 Å². The number of rotatable bonds is 3. The van der Waals surface area contributed by atoms with E-state index in [2.05, 4.69) is 15.9 Å². The van der Waals surface area contributed by atoms with Gasteiger partial charge in [0.25, 0.3) is 0 Å². The lowest BCUT2D eigenvalue weighted by Gasteiger charge is -2.07. The molecule has 0 aromatic heterocycles. The average Bonchev–Trinajstić information content (AvgIpc) is 2.37. The zero-order valence-corrected chi connectivity index (χ0v) is 11.9. The highest BCUT2D eigenvalue weighted by Crippen LogP contribution is 2.14. The van der Waals surface area contributed by atoms with Crippen molar-refractivity contribution in [2.24, 2.45) is 0 Å². The second kappa shape index (κ2) is 5.97. The molecule has 0 heterocycles. The highest BCUT2D eigenvalue weighted by molar-refractivity contribution is 9.10. The summed E-state index contributed by atoms with van der Waals surface area (Å²) in [5.74, 6) is -0.803. The number of benzene rings is 2. The molecule has 0 fully saturated rings. The van der Waals surface area contributed by atoms with Crippen molar-refractivity contribution in [3.63, 3.8) is 0 Å². The van der Waals surface area contributed by atoms with Crippen molar-refractivity contribution in [1.82, 2.24) is 0 Å². The van der Waals surface area contributed by atoms with Crippen LogP contribution in [0.25, 0.3) is 0 Å². The fraction of sp³-hybridized carbons (Fsp3) is 0.133. The Morgan fingerprint density at radius 1 is 1.21 bits per heavy atom. The quantitative estimate of drug-likeness (QED) is 0.789. The van der Waals surface area contributed by atoms with Gasteiger partial charge in [0.05, 0.1) is 5.56 Å². The van der Waals surface area contributed by atoms with Crippen molar-refractivity contribution in [1.29, 1.82) is 0 Å². The predicted octanol–water partition coefficient (Wildman–Crippen LogP) is 4.25. The molecular weight excluding hydrogens is 311 g/mol. The number of esters is 1. The zero-order chi connectivity index (χ0) is 13.8. The Labute approximate surface area is 119 Å². The van der Waals surface area contributed by atoms with Gasteiger partial charge in [-0.1, -0.05) is 28.1 Å². The van der Waals surface area contributed by atoms with Crippen molar-refractivity contribution in [3.8, 4) is 0 Å². The predicted molar refractivity (Wildman–Crippen MR) is 74.4 cm³/mol. The zero-order valence-electron chi connectivity index (χ0n) is 10.3. The van der Waals surface area contributed by atoms with Gasteiger partial charge in [0.1, 0.15) is 12.4 Å². The van der Waals surface area contributed by atoms with E-state index in [-0.39, 0.29) is 12.4 Å². The van der Waals surface area contributed by atoms with Gasteiger partial charge in [0, 0.05) is 4.47 Å². The van der Waals surface area contributed by atoms with Gasteiger partial charge >= 0.3 is 5.97 Å². The number of carbonyl (C=O) groups is 1. The lowest BCUT2D eigenvalue weighted by molar-refractivity contribution is 0.0472. The van der Waals surface area contributed by atoms with Crippen LogP contribution in [0.3, 0.4) is 0 Å². The van der Waals surface area contributed by atoms with E-state index >= 15 is 0 Å². The summed E-state index contributed by atoms with van der Waals surface area (Å²) in [6.07, 6.45) is 0. The maximum Gasteiger partial charge on any atom is 0.338 e. The van der Waals surface area contributed by atoms with Crippen molar-refractivity contribution < 1.29 is 13.9 Å². The highest BCUT2D eigenvalue weighted by Gasteiger charge is 2.11. The Morgan fingerprint density at radius 3 is 2.53 bits per heavy atom. The maximum absolute atomic E-state index is 12.9. The fourth-order valence-electron chi connectivity index (χ4n) is 1.66. The van der Waals surface area contributed by atoms with Crippen LogP contribution in [0.2, 0.25) is 0 Å². The molecule has 0 amide bonds. The lowest BCUT2D eigenvalue weighted by Crippen LogP contribution is -2.07. The molecule has 0 unspecified atom stereocenters. The Hall–Kier alpha value is -1.68. The van der Waals surface area contributed by atoms with Gasteiger partial charge in [-0.05, 0) is 48.4 Å². The topological polar surface area (TPSA) is 26.3 Å². The van der Waals surface area contributed by atoms with Crippen LogP contribution in [-0.4, -0.2) is 5.97 Å². The van der Waals surface area contributed by atoms with Crippen molar-refractivity contribution in [3.05, 3.63) is 69.4 Å². The van der Waals surface area contributed by atoms with Crippen LogP contribution in [0.4, 0.5) is 4.39 Å². The molecular formula is C15H12BrFO2. The monoisotopic (exact) mass is 322 g/mol. The first kappa shape index (κ1) is 13.7. The van der Waals surface area contributed by atoms with E-state index in [1.54, 1.807) is 6.92 Å². The summed E-state index contributed by atoms with van der Waals surface area (Å²) in [4.78, 5) is 11.9. The minimum Gasteiger partial charge on any atom is -0.457 e. The third kappa shape index (κ3) is 3.64. The van der Waals surface area contributed by atoms with E-state index in [1.165, 1.54) is 18.2 Å². The summed E-state index contributed by atoms with van der Waals surface area (Å²) >= 11 is 3.34. The minimum absolute atomic E-state index is 0.197. The molecule has 0 N–H and O–H groups in total. The molecule has 98 valence electrons. The van der Waals surface area contributed by atoms with E-state index < -0.39 is 5.97 Å². The van der Waals surface area contributed by atoms with Crippen LogP contribution in [0, 0.1) is 12.7 Å². The average molecular weight is 323 g/mol. The van der Waals surface area contributed by atoms with Crippen molar-refractivity contribution in [2.75, 3.05) is 0 Å². The summed E-state index contributed by atoms with van der Waals surface area (Å²) in [6, 6.07) is 11.5.